The minimum atomic E-state index is -3.73. The summed E-state index contributed by atoms with van der Waals surface area (Å²) >= 11 is 16.7. The van der Waals surface area contributed by atoms with Crippen molar-refractivity contribution in [3.63, 3.8) is 0 Å². The van der Waals surface area contributed by atoms with E-state index in [1.54, 1.807) is 65.5 Å². The molecule has 0 unspecified atom stereocenters. The summed E-state index contributed by atoms with van der Waals surface area (Å²) in [5, 5.41) is 39.5. The number of rotatable bonds is 21. The number of hydrogen-bond acceptors (Lipinski definition) is 23. The Labute approximate surface area is 741 Å². The van der Waals surface area contributed by atoms with Crippen molar-refractivity contribution in [2.75, 3.05) is 49.7 Å². The van der Waals surface area contributed by atoms with E-state index in [9.17, 15) is 40.8 Å². The molecule has 0 radical (unpaired) electrons. The van der Waals surface area contributed by atoms with E-state index in [2.05, 4.69) is 39.8 Å². The number of nitrogens with two attached hydrogens (primary N) is 1. The van der Waals surface area contributed by atoms with E-state index in [-0.39, 0.29) is 89.2 Å². The predicted octanol–water partition coefficient (Wildman–Crippen LogP) is 12.1. The molecule has 0 bridgehead atoms. The molecule has 1 amide bonds. The van der Waals surface area contributed by atoms with Crippen molar-refractivity contribution in [2.45, 2.75) is 23.6 Å². The van der Waals surface area contributed by atoms with Gasteiger partial charge in [-0.2, -0.15) is 25.5 Å². The van der Waals surface area contributed by atoms with Crippen LogP contribution in [0.5, 0.6) is 23.5 Å². The average molecular weight is 1760 g/mol. The van der Waals surface area contributed by atoms with E-state index in [4.69, 9.17) is 84.9 Å². The number of hydrazone groups is 1. The molecule has 0 saturated carbocycles. The second kappa shape index (κ2) is 51.0. The summed E-state index contributed by atoms with van der Waals surface area (Å²) in [4.78, 5) is 88.9. The summed E-state index contributed by atoms with van der Waals surface area (Å²) in [6, 6.07) is 80.6. The van der Waals surface area contributed by atoms with Gasteiger partial charge in [-0.15, -0.1) is 0 Å². The van der Waals surface area contributed by atoms with Gasteiger partial charge in [0.25, 0.3) is 26.0 Å². The number of carboxylic acids is 3. The minimum Gasteiger partial charge on any atom is -0.857 e. The van der Waals surface area contributed by atoms with Gasteiger partial charge in [0, 0.05) is 34.9 Å². The van der Waals surface area contributed by atoms with Crippen LogP contribution in [0.15, 0.2) is 288 Å². The average Bonchev–Trinajstić information content (AvgIpc) is 0.816. The van der Waals surface area contributed by atoms with Gasteiger partial charge in [-0.1, -0.05) is 222 Å². The Balaban J connectivity index is 0.000000256. The van der Waals surface area contributed by atoms with Gasteiger partial charge in [-0.25, -0.2) is 62.6 Å². The fourth-order valence-electron chi connectivity index (χ4n) is 9.92. The maximum Gasteiger partial charge on any atom is 1.00 e. The van der Waals surface area contributed by atoms with Crippen LogP contribution in [0, 0.1) is 13.8 Å². The van der Waals surface area contributed by atoms with Crippen LogP contribution in [0.3, 0.4) is 0 Å². The van der Waals surface area contributed by atoms with Crippen LogP contribution >= 0.6 is 34.8 Å². The Hall–Kier alpha value is -12.7. The number of pyridine rings is 6. The number of carbonyl (C=O) groups is 5. The molecular formula is C87H81Cl3N11NaO18S2. The number of aromatic carboxylic acids is 3. The van der Waals surface area contributed by atoms with Gasteiger partial charge in [0.05, 0.1) is 102 Å². The van der Waals surface area contributed by atoms with Crippen molar-refractivity contribution >= 4 is 91.2 Å². The number of carboxylic acid groups (broad SMARTS) is 3. The zero-order chi connectivity index (χ0) is 88.6. The SMILES string of the molecule is COc1nc(-c2ccccc2)ccc1/C=N\NS(=O)(=O)c1ccc(C)cc1.COc1nc(-c2ccccc2)ccc1C(=O)N(C)OC.COc1nc(-c2ccccc2)ccc1C(=O)O.COc1nc(-c2ccccc2)ccc1C=O.C[O-].Cc1ccc(S(=O)(=O)NN)cc1.O=C(O)c1ccc(-c2ccccc2)nc1Cl.O=C(O)c1ccc(Cl)nc1Cl.[Na+]. The maximum atomic E-state index is 12.3. The number of aryl methyl sites for hydroxylation is 2. The molecule has 0 fully saturated rings. The maximum absolute atomic E-state index is 12.3. The number of aldehydes is 1. The zero-order valence-corrected chi connectivity index (χ0v) is 73.1. The first-order valence-corrected chi connectivity index (χ1v) is 39.4. The molecule has 0 spiro atoms. The van der Waals surface area contributed by atoms with E-state index in [1.807, 2.05) is 178 Å². The van der Waals surface area contributed by atoms with Gasteiger partial charge in [0.1, 0.15) is 26.6 Å². The second-order valence-corrected chi connectivity index (χ2v) is 28.5. The molecule has 0 saturated heterocycles. The Morgan fingerprint density at radius 1 is 0.410 bits per heavy atom. The molecule has 0 atom stereocenters. The molecule has 29 nitrogen and oxygen atoms in total. The monoisotopic (exact) mass is 1760 g/mol. The molecule has 13 rings (SSSR count). The molecule has 0 aliphatic carbocycles. The minimum absolute atomic E-state index is 0. The summed E-state index contributed by atoms with van der Waals surface area (Å²) in [6.07, 6.45) is 2.10. The smallest absolute Gasteiger partial charge is 0.857 e. The van der Waals surface area contributed by atoms with E-state index < -0.39 is 38.0 Å². The van der Waals surface area contributed by atoms with Crippen molar-refractivity contribution < 1.29 is 115 Å². The number of amides is 1. The third kappa shape index (κ3) is 30.5. The van der Waals surface area contributed by atoms with E-state index >= 15 is 0 Å². The molecule has 13 aromatic rings. The van der Waals surface area contributed by atoms with Crippen LogP contribution in [0.2, 0.25) is 15.5 Å². The summed E-state index contributed by atoms with van der Waals surface area (Å²) in [5.74, 6) is 2.41. The van der Waals surface area contributed by atoms with E-state index in [1.165, 1.54) is 97.3 Å². The number of methoxy groups -OCH3 is 4. The Kier molecular flexibility index (Phi) is 41.7. The first-order valence-electron chi connectivity index (χ1n) is 35.3. The number of sulfonamides is 2. The number of aromatic nitrogens is 6. The summed E-state index contributed by atoms with van der Waals surface area (Å²) < 4.78 is 67.2. The first-order chi connectivity index (χ1) is 58.1. The number of hydrogen-bond donors (Lipinski definition) is 6. The molecule has 6 heterocycles. The van der Waals surface area contributed by atoms with Gasteiger partial charge in [0.2, 0.25) is 23.5 Å². The molecule has 0 aliphatic heterocycles. The third-order valence-electron chi connectivity index (χ3n) is 16.1. The van der Waals surface area contributed by atoms with Crippen molar-refractivity contribution in [1.82, 2.24) is 44.6 Å². The van der Waals surface area contributed by atoms with Crippen LogP contribution in [0.25, 0.3) is 56.3 Å². The van der Waals surface area contributed by atoms with Gasteiger partial charge < -0.3 is 39.4 Å². The Bertz CT molecular complexity index is 5840. The number of ether oxygens (including phenoxy) is 4. The Morgan fingerprint density at radius 3 is 1.05 bits per heavy atom. The molecular weight excluding hydrogens is 1680 g/mol. The number of hydroxylamine groups is 2. The second-order valence-electron chi connectivity index (χ2n) is 24.1. The fourth-order valence-corrected chi connectivity index (χ4v) is 12.0. The summed E-state index contributed by atoms with van der Waals surface area (Å²) in [7, 11) is 2.40. The van der Waals surface area contributed by atoms with Crippen LogP contribution in [-0.4, -0.2) is 153 Å². The van der Waals surface area contributed by atoms with E-state index in [0.717, 1.165) is 74.5 Å². The first kappa shape index (κ1) is 99.8. The number of benzene rings is 7. The molecule has 122 heavy (non-hydrogen) atoms. The predicted molar refractivity (Wildman–Crippen MR) is 460 cm³/mol. The molecule has 35 heteroatoms. The van der Waals surface area contributed by atoms with Gasteiger partial charge in [-0.05, 0) is 111 Å². The number of nitrogens with zero attached hydrogens (tertiary/aromatic N) is 8. The normalized spacial score (nSPS) is 10.2. The van der Waals surface area contributed by atoms with E-state index in [0.29, 0.717) is 39.8 Å². The molecule has 7 N–H and O–H groups in total. The van der Waals surface area contributed by atoms with Crippen molar-refractivity contribution in [2.24, 2.45) is 10.9 Å². The Morgan fingerprint density at radius 2 is 0.713 bits per heavy atom. The van der Waals surface area contributed by atoms with Crippen LogP contribution in [-0.2, 0) is 24.9 Å². The number of carbonyl (C=O) groups excluding carboxylic acids is 2. The zero-order valence-electron chi connectivity index (χ0n) is 67.2. The largest absolute Gasteiger partial charge is 1.00 e. The van der Waals surface area contributed by atoms with Crippen LogP contribution < -0.4 is 69.1 Å². The van der Waals surface area contributed by atoms with Crippen molar-refractivity contribution in [3.05, 3.63) is 333 Å². The molecule has 7 aromatic carbocycles. The van der Waals surface area contributed by atoms with Crippen LogP contribution in [0.1, 0.15) is 68.5 Å². The van der Waals surface area contributed by atoms with Gasteiger partial charge >= 0.3 is 47.5 Å². The number of halogens is 3. The fraction of sp³-hybridized carbons (Fsp3) is 0.103. The molecule has 0 aliphatic rings. The number of hydrazine groups is 1. The summed E-state index contributed by atoms with van der Waals surface area (Å²) in [5.41, 5.74) is 11.8. The topological polar surface area (TPSA) is 427 Å². The summed E-state index contributed by atoms with van der Waals surface area (Å²) in [6.45, 7) is 3.77. The quantitative estimate of drug-likeness (QED) is 0.00971. The van der Waals surface area contributed by atoms with Crippen LogP contribution in [0.4, 0.5) is 0 Å². The molecule has 6 aromatic heterocycles. The van der Waals surface area contributed by atoms with Gasteiger partial charge in [0.15, 0.2) is 6.29 Å². The van der Waals surface area contributed by atoms with Crippen molar-refractivity contribution in [3.8, 4) is 79.8 Å². The van der Waals surface area contributed by atoms with Gasteiger partial charge in [-0.3, -0.25) is 20.3 Å². The molecule has 626 valence electrons. The third-order valence-corrected chi connectivity index (χ3v) is 19.3. The van der Waals surface area contributed by atoms with Crippen molar-refractivity contribution in [1.29, 1.82) is 0 Å². The standard InChI is InChI=1S/C20H19N3O3S.C15H16N2O3.C13H11NO3.C13H11NO2.C12H8ClNO2.C7H10N2O2S.C6H3Cl2NO2.CH3O.Na/c1-15-8-11-18(12-9-15)27(24,25)23-21-14-17-10-13-19(22-20(17)26-2)16-6-4-3-5-7-16;1-17(20-3)15(18)12-9-10-13(16-14(12)19-2)11-7-5-4-6-8-11;1-17-12-10(13(15)16)7-8-11(14-12)9-5-3-2-4-6-9;1-16-13-11(9-15)7-8-12(14-13)10-5-3-2-4-6-10;13-11-9(12(15)16)6-7-10(14-11)8-4-2-1-3-5-8;1-6-2-4-7(5-3-6)12(10,11)9-8;7-4-2-1-3(6(10)11)5(8)9-4;1-2;/h3-14,23H,1-2H3;4-10H,1-3H3;2-8H,1H3,(H,15,16);2-9H,1H3;1-7H,(H,15,16);2-5,9H,8H2,1H3;1-2H,(H,10,11);1H3;/q;;;;;;;-1;+1/b21-14-;;;;;;;;. The number of nitrogens with one attached hydrogen (secondary N) is 2.